The largest absolute Gasteiger partial charge is 0.495 e. The standard InChI is InChI=1S/C14H12ClNO5S/c1-21-12-8-10(15)5-6-13(12)22(19,20)16-11-4-2-3-9(7-11)14(17)18/h2-8,16H,1H3,(H,17,18). The van der Waals surface area contributed by atoms with Crippen molar-refractivity contribution in [2.45, 2.75) is 4.90 Å². The quantitative estimate of drug-likeness (QED) is 0.872. The van der Waals surface area contributed by atoms with Crippen LogP contribution in [0.1, 0.15) is 10.4 Å². The third kappa shape index (κ3) is 3.49. The maximum absolute atomic E-state index is 12.4. The Morgan fingerprint density at radius 2 is 1.95 bits per heavy atom. The van der Waals surface area contributed by atoms with E-state index in [-0.39, 0.29) is 21.9 Å². The highest BCUT2D eigenvalue weighted by molar-refractivity contribution is 7.92. The molecule has 2 rings (SSSR count). The number of sulfonamides is 1. The predicted molar refractivity (Wildman–Crippen MR) is 82.2 cm³/mol. The molecule has 2 N–H and O–H groups in total. The molecule has 0 atom stereocenters. The van der Waals surface area contributed by atoms with E-state index in [2.05, 4.69) is 4.72 Å². The lowest BCUT2D eigenvalue weighted by atomic mass is 10.2. The first kappa shape index (κ1) is 16.1. The number of carbonyl (C=O) groups is 1. The van der Waals surface area contributed by atoms with Gasteiger partial charge in [-0.25, -0.2) is 13.2 Å². The molecular formula is C14H12ClNO5S. The molecule has 0 spiro atoms. The lowest BCUT2D eigenvalue weighted by molar-refractivity contribution is 0.0697. The van der Waals surface area contributed by atoms with Gasteiger partial charge in [-0.1, -0.05) is 17.7 Å². The molecule has 0 amide bonds. The topological polar surface area (TPSA) is 92.7 Å². The molecule has 0 saturated carbocycles. The van der Waals surface area contributed by atoms with E-state index in [1.165, 1.54) is 49.6 Å². The van der Waals surface area contributed by atoms with Crippen LogP contribution in [0.2, 0.25) is 5.02 Å². The molecule has 0 bridgehead atoms. The molecule has 0 heterocycles. The summed E-state index contributed by atoms with van der Waals surface area (Å²) in [5.41, 5.74) is 0.111. The second-order valence-corrected chi connectivity index (χ2v) is 6.37. The molecule has 0 fully saturated rings. The van der Waals surface area contributed by atoms with Gasteiger partial charge in [-0.15, -0.1) is 0 Å². The summed E-state index contributed by atoms with van der Waals surface area (Å²) >= 11 is 5.80. The highest BCUT2D eigenvalue weighted by Gasteiger charge is 2.20. The summed E-state index contributed by atoms with van der Waals surface area (Å²) in [5, 5.41) is 9.26. The lowest BCUT2D eigenvalue weighted by Crippen LogP contribution is -2.14. The number of aromatic carboxylic acids is 1. The normalized spacial score (nSPS) is 11.0. The van der Waals surface area contributed by atoms with Gasteiger partial charge < -0.3 is 9.84 Å². The third-order valence-corrected chi connectivity index (χ3v) is 4.43. The van der Waals surface area contributed by atoms with E-state index in [0.717, 1.165) is 0 Å². The minimum atomic E-state index is -3.94. The average molecular weight is 342 g/mol. The minimum Gasteiger partial charge on any atom is -0.495 e. The van der Waals surface area contributed by atoms with E-state index in [1.54, 1.807) is 0 Å². The Morgan fingerprint density at radius 3 is 2.59 bits per heavy atom. The summed E-state index contributed by atoms with van der Waals surface area (Å²) < 4.78 is 32.1. The summed E-state index contributed by atoms with van der Waals surface area (Å²) in [7, 11) is -2.61. The van der Waals surface area contributed by atoms with Crippen LogP contribution in [-0.4, -0.2) is 26.6 Å². The lowest BCUT2D eigenvalue weighted by Gasteiger charge is -2.12. The molecule has 6 nitrogen and oxygen atoms in total. The Kier molecular flexibility index (Phi) is 4.58. The molecule has 0 saturated heterocycles. The first-order chi connectivity index (χ1) is 10.3. The van der Waals surface area contributed by atoms with Gasteiger partial charge in [0.15, 0.2) is 0 Å². The Labute approximate surface area is 132 Å². The van der Waals surface area contributed by atoms with Crippen molar-refractivity contribution in [1.82, 2.24) is 0 Å². The van der Waals surface area contributed by atoms with Crippen LogP contribution in [-0.2, 0) is 10.0 Å². The maximum atomic E-state index is 12.4. The Balaban J connectivity index is 2.40. The molecule has 0 aliphatic carbocycles. The van der Waals surface area contributed by atoms with Crippen molar-refractivity contribution in [3.8, 4) is 5.75 Å². The summed E-state index contributed by atoms with van der Waals surface area (Å²) in [4.78, 5) is 10.8. The van der Waals surface area contributed by atoms with Crippen LogP contribution in [0.3, 0.4) is 0 Å². The zero-order valence-corrected chi connectivity index (χ0v) is 13.0. The summed E-state index contributed by atoms with van der Waals surface area (Å²) in [5.74, 6) is -1.06. The zero-order valence-electron chi connectivity index (χ0n) is 11.4. The molecular weight excluding hydrogens is 330 g/mol. The molecule has 0 aromatic heterocycles. The van der Waals surface area contributed by atoms with E-state index in [1.807, 2.05) is 0 Å². The van der Waals surface area contributed by atoms with Crippen molar-refractivity contribution < 1.29 is 23.1 Å². The van der Waals surface area contributed by atoms with Crippen molar-refractivity contribution in [3.63, 3.8) is 0 Å². The van der Waals surface area contributed by atoms with E-state index in [4.69, 9.17) is 21.4 Å². The second-order valence-electron chi connectivity index (χ2n) is 4.29. The number of hydrogen-bond acceptors (Lipinski definition) is 4. The number of halogens is 1. The van der Waals surface area contributed by atoms with Gasteiger partial charge in [-0.3, -0.25) is 4.72 Å². The molecule has 116 valence electrons. The van der Waals surface area contributed by atoms with Gasteiger partial charge in [0, 0.05) is 16.8 Å². The monoisotopic (exact) mass is 341 g/mol. The molecule has 8 heteroatoms. The third-order valence-electron chi connectivity index (χ3n) is 2.78. The zero-order chi connectivity index (χ0) is 16.3. The number of anilines is 1. The van der Waals surface area contributed by atoms with E-state index in [9.17, 15) is 13.2 Å². The van der Waals surface area contributed by atoms with Gasteiger partial charge >= 0.3 is 5.97 Å². The van der Waals surface area contributed by atoms with Crippen molar-refractivity contribution >= 4 is 33.3 Å². The maximum Gasteiger partial charge on any atom is 0.335 e. The van der Waals surface area contributed by atoms with Crippen LogP contribution >= 0.6 is 11.6 Å². The van der Waals surface area contributed by atoms with Crippen molar-refractivity contribution in [2.24, 2.45) is 0 Å². The SMILES string of the molecule is COc1cc(Cl)ccc1S(=O)(=O)Nc1cccc(C(=O)O)c1. The first-order valence-corrected chi connectivity index (χ1v) is 7.89. The Morgan fingerprint density at radius 1 is 1.23 bits per heavy atom. The fourth-order valence-corrected chi connectivity index (χ4v) is 3.15. The van der Waals surface area contributed by atoms with Crippen molar-refractivity contribution in [1.29, 1.82) is 0 Å². The average Bonchev–Trinajstić information content (AvgIpc) is 2.46. The van der Waals surface area contributed by atoms with E-state index < -0.39 is 16.0 Å². The fraction of sp³-hybridized carbons (Fsp3) is 0.0714. The number of hydrogen-bond donors (Lipinski definition) is 2. The summed E-state index contributed by atoms with van der Waals surface area (Å²) in [6, 6.07) is 9.60. The van der Waals surface area contributed by atoms with Crippen LogP contribution in [0.15, 0.2) is 47.4 Å². The Bertz CT molecular complexity index is 820. The number of ether oxygens (including phenoxy) is 1. The molecule has 0 aliphatic heterocycles. The van der Waals surface area contributed by atoms with Crippen molar-refractivity contribution in [3.05, 3.63) is 53.1 Å². The second kappa shape index (κ2) is 6.25. The summed E-state index contributed by atoms with van der Waals surface area (Å²) in [6.07, 6.45) is 0. The number of carboxylic acid groups (broad SMARTS) is 1. The van der Waals surface area contributed by atoms with Gasteiger partial charge in [0.1, 0.15) is 10.6 Å². The van der Waals surface area contributed by atoms with Gasteiger partial charge in [-0.05, 0) is 30.3 Å². The highest BCUT2D eigenvalue weighted by Crippen LogP contribution is 2.28. The summed E-state index contributed by atoms with van der Waals surface area (Å²) in [6.45, 7) is 0. The number of methoxy groups -OCH3 is 1. The van der Waals surface area contributed by atoms with Crippen LogP contribution in [0.5, 0.6) is 5.75 Å². The molecule has 0 radical (unpaired) electrons. The van der Waals surface area contributed by atoms with Gasteiger partial charge in [0.2, 0.25) is 0 Å². The van der Waals surface area contributed by atoms with Gasteiger partial charge in [0.05, 0.1) is 12.7 Å². The van der Waals surface area contributed by atoms with Crippen LogP contribution in [0, 0.1) is 0 Å². The molecule has 0 unspecified atom stereocenters. The first-order valence-electron chi connectivity index (χ1n) is 6.03. The van der Waals surface area contributed by atoms with Gasteiger partial charge in [0.25, 0.3) is 10.0 Å². The van der Waals surface area contributed by atoms with Crippen LogP contribution in [0.4, 0.5) is 5.69 Å². The number of benzene rings is 2. The predicted octanol–water partition coefficient (Wildman–Crippen LogP) is 2.85. The molecule has 2 aromatic rings. The highest BCUT2D eigenvalue weighted by atomic mass is 35.5. The molecule has 2 aromatic carbocycles. The Hall–Kier alpha value is -2.25. The van der Waals surface area contributed by atoms with E-state index in [0.29, 0.717) is 5.02 Å². The molecule has 22 heavy (non-hydrogen) atoms. The van der Waals surface area contributed by atoms with Gasteiger partial charge in [-0.2, -0.15) is 0 Å². The van der Waals surface area contributed by atoms with Crippen molar-refractivity contribution in [2.75, 3.05) is 11.8 Å². The smallest absolute Gasteiger partial charge is 0.335 e. The number of nitrogens with one attached hydrogen (secondary N) is 1. The fourth-order valence-electron chi connectivity index (χ4n) is 1.79. The van der Waals surface area contributed by atoms with E-state index >= 15 is 0 Å². The van der Waals surface area contributed by atoms with Crippen LogP contribution in [0.25, 0.3) is 0 Å². The van der Waals surface area contributed by atoms with Crippen LogP contribution < -0.4 is 9.46 Å². The number of rotatable bonds is 5. The molecule has 0 aliphatic rings. The number of carboxylic acids is 1. The minimum absolute atomic E-state index is 0.0247.